The van der Waals surface area contributed by atoms with Crippen LogP contribution in [0.4, 0.5) is 0 Å². The summed E-state index contributed by atoms with van der Waals surface area (Å²) in [5.41, 5.74) is 11.1. The summed E-state index contributed by atoms with van der Waals surface area (Å²) >= 11 is 0. The minimum Gasteiger partial charge on any atom is -0.386 e. The second-order valence-corrected chi connectivity index (χ2v) is 6.93. The Hall–Kier alpha value is -1.54. The van der Waals surface area contributed by atoms with Crippen LogP contribution in [0.5, 0.6) is 0 Å². The number of unbranched alkanes of at least 4 members (excludes halogenated alkanes) is 1. The molecule has 0 aromatic rings. The summed E-state index contributed by atoms with van der Waals surface area (Å²) in [7, 11) is 0. The molecular weight excluding hydrogens is 280 g/mol. The molecule has 2 heteroatoms. The quantitative estimate of drug-likeness (QED) is 0.617. The molecule has 0 bridgehead atoms. The fraction of sp³-hybridized carbons (Fsp3) is 0.524. The second kappa shape index (κ2) is 8.93. The van der Waals surface area contributed by atoms with Crippen LogP contribution in [0.25, 0.3) is 0 Å². The molecule has 0 aromatic heterocycles. The predicted molar refractivity (Wildman–Crippen MR) is 103 cm³/mol. The van der Waals surface area contributed by atoms with Crippen molar-refractivity contribution >= 4 is 0 Å². The molecule has 1 rings (SSSR count). The molecule has 1 atom stereocenters. The van der Waals surface area contributed by atoms with Crippen molar-refractivity contribution < 1.29 is 0 Å². The van der Waals surface area contributed by atoms with Crippen LogP contribution in [-0.2, 0) is 0 Å². The molecule has 0 aliphatic heterocycles. The molecule has 128 valence electrons. The van der Waals surface area contributed by atoms with Crippen LogP contribution in [0, 0.1) is 5.41 Å². The molecule has 0 aromatic carbocycles. The van der Waals surface area contributed by atoms with E-state index in [4.69, 9.17) is 5.73 Å². The number of nitrogens with one attached hydrogen (secondary N) is 1. The lowest BCUT2D eigenvalue weighted by Crippen LogP contribution is -2.32. The third kappa shape index (κ3) is 5.24. The predicted octanol–water partition coefficient (Wildman–Crippen LogP) is 5.02. The fourth-order valence-corrected chi connectivity index (χ4v) is 3.22. The second-order valence-electron chi connectivity index (χ2n) is 6.93. The van der Waals surface area contributed by atoms with E-state index in [2.05, 4.69) is 70.8 Å². The molecule has 1 aliphatic rings. The van der Waals surface area contributed by atoms with Gasteiger partial charge in [0.2, 0.25) is 0 Å². The summed E-state index contributed by atoms with van der Waals surface area (Å²) in [6.07, 6.45) is 14.1. The molecule has 2 nitrogen and oxygen atoms in total. The lowest BCUT2D eigenvalue weighted by Gasteiger charge is -2.36. The molecule has 0 heterocycles. The van der Waals surface area contributed by atoms with E-state index in [9.17, 15) is 0 Å². The van der Waals surface area contributed by atoms with Gasteiger partial charge >= 0.3 is 0 Å². The summed E-state index contributed by atoms with van der Waals surface area (Å²) in [6, 6.07) is 0.407. The van der Waals surface area contributed by atoms with Gasteiger partial charge in [-0.15, -0.1) is 0 Å². The summed E-state index contributed by atoms with van der Waals surface area (Å²) in [5, 5.41) is 3.61. The Morgan fingerprint density at radius 2 is 2.17 bits per heavy atom. The highest BCUT2D eigenvalue weighted by Gasteiger charge is 2.31. The molecule has 0 radical (unpaired) electrons. The van der Waals surface area contributed by atoms with Crippen LogP contribution >= 0.6 is 0 Å². The van der Waals surface area contributed by atoms with Crippen molar-refractivity contribution in [1.82, 2.24) is 5.32 Å². The molecule has 0 fully saturated rings. The molecule has 1 aliphatic carbocycles. The molecule has 0 spiro atoms. The summed E-state index contributed by atoms with van der Waals surface area (Å²) in [6.45, 7) is 15.5. The Bertz CT molecular complexity index is 532. The van der Waals surface area contributed by atoms with Gasteiger partial charge in [-0.05, 0) is 43.9 Å². The highest BCUT2D eigenvalue weighted by Crippen LogP contribution is 2.42. The first-order valence-corrected chi connectivity index (χ1v) is 8.76. The molecule has 0 saturated carbocycles. The van der Waals surface area contributed by atoms with Crippen molar-refractivity contribution in [2.24, 2.45) is 11.1 Å². The maximum atomic E-state index is 6.00. The van der Waals surface area contributed by atoms with Gasteiger partial charge in [-0.25, -0.2) is 0 Å². The van der Waals surface area contributed by atoms with Crippen LogP contribution in [0.2, 0.25) is 0 Å². The van der Waals surface area contributed by atoms with Gasteiger partial charge in [0.25, 0.3) is 0 Å². The summed E-state index contributed by atoms with van der Waals surface area (Å²) in [4.78, 5) is 0. The van der Waals surface area contributed by atoms with E-state index in [1.165, 1.54) is 28.8 Å². The highest BCUT2D eigenvalue weighted by molar-refractivity contribution is 5.46. The molecule has 23 heavy (non-hydrogen) atoms. The van der Waals surface area contributed by atoms with Crippen LogP contribution < -0.4 is 11.1 Å². The van der Waals surface area contributed by atoms with E-state index in [0.717, 1.165) is 12.8 Å². The Balaban J connectivity index is 3.22. The minimum absolute atomic E-state index is 0.0294. The summed E-state index contributed by atoms with van der Waals surface area (Å²) < 4.78 is 0. The Morgan fingerprint density at radius 3 is 2.70 bits per heavy atom. The van der Waals surface area contributed by atoms with E-state index in [0.29, 0.717) is 12.6 Å². The highest BCUT2D eigenvalue weighted by atomic mass is 14.9. The Morgan fingerprint density at radius 1 is 1.48 bits per heavy atom. The van der Waals surface area contributed by atoms with Crippen LogP contribution in [0.15, 0.2) is 59.4 Å². The third-order valence-electron chi connectivity index (χ3n) is 4.30. The topological polar surface area (TPSA) is 38.0 Å². The van der Waals surface area contributed by atoms with Crippen molar-refractivity contribution in [2.45, 2.75) is 59.9 Å². The van der Waals surface area contributed by atoms with Crippen LogP contribution in [0.1, 0.15) is 53.9 Å². The van der Waals surface area contributed by atoms with Crippen LogP contribution in [0.3, 0.4) is 0 Å². The number of hydrogen-bond acceptors (Lipinski definition) is 2. The average molecular weight is 315 g/mol. The van der Waals surface area contributed by atoms with Gasteiger partial charge in [0.1, 0.15) is 0 Å². The first kappa shape index (κ1) is 19.5. The SMILES string of the molecule is C=C/C=C(\C=C/CCC)C1(C)C=C(C)C(CN)=C(NC(C)C)C1. The van der Waals surface area contributed by atoms with Gasteiger partial charge in [-0.1, -0.05) is 57.2 Å². The number of rotatable bonds is 8. The van der Waals surface area contributed by atoms with E-state index >= 15 is 0 Å². The molecule has 0 saturated heterocycles. The smallest absolute Gasteiger partial charge is 0.0201 e. The van der Waals surface area contributed by atoms with Gasteiger partial charge in [0.05, 0.1) is 0 Å². The zero-order valence-electron chi connectivity index (χ0n) is 15.6. The number of hydrogen-bond donors (Lipinski definition) is 2. The molecular formula is C21H34N2. The first-order valence-electron chi connectivity index (χ1n) is 8.76. The first-order chi connectivity index (χ1) is 10.9. The normalized spacial score (nSPS) is 22.7. The van der Waals surface area contributed by atoms with Gasteiger partial charge in [-0.2, -0.15) is 0 Å². The van der Waals surface area contributed by atoms with Gasteiger partial charge in [0.15, 0.2) is 0 Å². The standard InChI is InChI=1S/C21H34N2/c1-7-9-10-12-18(11-8-2)21(6)13-17(5)19(15-22)20(14-21)23-16(3)4/h8,10-13,16,23H,2,7,9,14-15,22H2,1,3-6H3/b12-10-,18-11+. The largest absolute Gasteiger partial charge is 0.386 e. The monoisotopic (exact) mass is 314 g/mol. The van der Waals surface area contributed by atoms with E-state index in [1.807, 2.05) is 6.08 Å². The number of allylic oxidation sites excluding steroid dienone is 7. The van der Waals surface area contributed by atoms with Crippen molar-refractivity contribution in [1.29, 1.82) is 0 Å². The van der Waals surface area contributed by atoms with Gasteiger partial charge < -0.3 is 11.1 Å². The van der Waals surface area contributed by atoms with Crippen molar-refractivity contribution in [3.63, 3.8) is 0 Å². The van der Waals surface area contributed by atoms with Gasteiger partial charge in [0, 0.05) is 30.1 Å². The van der Waals surface area contributed by atoms with E-state index < -0.39 is 0 Å². The minimum atomic E-state index is -0.0294. The zero-order chi connectivity index (χ0) is 17.5. The van der Waals surface area contributed by atoms with Gasteiger partial charge in [-0.3, -0.25) is 0 Å². The Kier molecular flexibility index (Phi) is 7.57. The van der Waals surface area contributed by atoms with Crippen LogP contribution in [-0.4, -0.2) is 12.6 Å². The lowest BCUT2D eigenvalue weighted by atomic mass is 9.71. The number of nitrogens with two attached hydrogens (primary N) is 1. The zero-order valence-corrected chi connectivity index (χ0v) is 15.6. The molecule has 1 unspecified atom stereocenters. The average Bonchev–Trinajstić information content (AvgIpc) is 2.45. The van der Waals surface area contributed by atoms with Crippen molar-refractivity contribution in [3.05, 3.63) is 59.4 Å². The Labute approximate surface area is 142 Å². The van der Waals surface area contributed by atoms with Crippen molar-refractivity contribution in [2.75, 3.05) is 6.54 Å². The maximum absolute atomic E-state index is 6.00. The fourth-order valence-electron chi connectivity index (χ4n) is 3.22. The summed E-state index contributed by atoms with van der Waals surface area (Å²) in [5.74, 6) is 0. The van der Waals surface area contributed by atoms with E-state index in [1.54, 1.807) is 0 Å². The lowest BCUT2D eigenvalue weighted by molar-refractivity contribution is 0.471. The van der Waals surface area contributed by atoms with E-state index in [-0.39, 0.29) is 5.41 Å². The third-order valence-corrected chi connectivity index (χ3v) is 4.30. The molecule has 3 N–H and O–H groups in total. The van der Waals surface area contributed by atoms with Crippen molar-refractivity contribution in [3.8, 4) is 0 Å². The molecule has 0 amide bonds. The maximum Gasteiger partial charge on any atom is 0.0201 e.